The fraction of sp³-hybridized carbons (Fsp3) is 0.286. The fourth-order valence-electron chi connectivity index (χ4n) is 1.73. The smallest absolute Gasteiger partial charge is 0.315 e. The molecule has 0 aliphatic heterocycles. The summed E-state index contributed by atoms with van der Waals surface area (Å²) in [6, 6.07) is 9.64. The molecule has 0 saturated heterocycles. The van der Waals surface area contributed by atoms with E-state index in [2.05, 4.69) is 15.7 Å². The van der Waals surface area contributed by atoms with Crippen LogP contribution in [-0.2, 0) is 20.1 Å². The van der Waals surface area contributed by atoms with E-state index in [9.17, 15) is 4.79 Å². The van der Waals surface area contributed by atoms with Crippen LogP contribution in [0, 0.1) is 6.92 Å². The second kappa shape index (κ2) is 6.04. The van der Waals surface area contributed by atoms with Crippen LogP contribution in [0.4, 0.5) is 4.79 Å². The van der Waals surface area contributed by atoms with Gasteiger partial charge in [0, 0.05) is 31.4 Å². The number of urea groups is 1. The summed E-state index contributed by atoms with van der Waals surface area (Å²) in [4.78, 5) is 11.7. The Hall–Kier alpha value is -2.30. The van der Waals surface area contributed by atoms with Gasteiger partial charge < -0.3 is 10.6 Å². The lowest BCUT2D eigenvalue weighted by atomic mass is 10.2. The highest BCUT2D eigenvalue weighted by Gasteiger charge is 2.05. The minimum atomic E-state index is -0.174. The number of rotatable bonds is 4. The average Bonchev–Trinajstić information content (AvgIpc) is 2.75. The molecule has 19 heavy (non-hydrogen) atoms. The molecular weight excluding hydrogens is 240 g/mol. The van der Waals surface area contributed by atoms with Crippen LogP contribution in [0.15, 0.2) is 36.5 Å². The molecular formula is C14H18N4O. The van der Waals surface area contributed by atoms with E-state index >= 15 is 0 Å². The van der Waals surface area contributed by atoms with Gasteiger partial charge in [0.25, 0.3) is 0 Å². The Kier molecular flexibility index (Phi) is 4.18. The molecule has 2 amide bonds. The Bertz CT molecular complexity index is 548. The van der Waals surface area contributed by atoms with Crippen LogP contribution in [0.3, 0.4) is 0 Å². The summed E-state index contributed by atoms with van der Waals surface area (Å²) < 4.78 is 1.79. The standard InChI is InChI=1S/C14H18N4O/c1-11-13(10-17-18(11)2)9-16-14(19)15-8-12-6-4-3-5-7-12/h3-7,10H,8-9H2,1-2H3,(H2,15,16,19). The molecule has 1 heterocycles. The van der Waals surface area contributed by atoms with Crippen molar-refractivity contribution in [2.45, 2.75) is 20.0 Å². The van der Waals surface area contributed by atoms with E-state index in [1.54, 1.807) is 10.9 Å². The topological polar surface area (TPSA) is 59.0 Å². The summed E-state index contributed by atoms with van der Waals surface area (Å²) in [6.45, 7) is 2.99. The highest BCUT2D eigenvalue weighted by Crippen LogP contribution is 2.04. The molecule has 2 rings (SSSR count). The SMILES string of the molecule is Cc1c(CNC(=O)NCc2ccccc2)cnn1C. The Morgan fingerprint density at radius 3 is 2.53 bits per heavy atom. The average molecular weight is 258 g/mol. The van der Waals surface area contributed by atoms with Crippen LogP contribution >= 0.6 is 0 Å². The maximum atomic E-state index is 11.7. The monoisotopic (exact) mass is 258 g/mol. The van der Waals surface area contributed by atoms with Crippen LogP contribution in [0.25, 0.3) is 0 Å². The molecule has 0 radical (unpaired) electrons. The second-order valence-corrected chi connectivity index (χ2v) is 4.40. The maximum Gasteiger partial charge on any atom is 0.315 e. The number of hydrogen-bond donors (Lipinski definition) is 2. The summed E-state index contributed by atoms with van der Waals surface area (Å²) >= 11 is 0. The van der Waals surface area contributed by atoms with Crippen molar-refractivity contribution in [2.24, 2.45) is 7.05 Å². The van der Waals surface area contributed by atoms with E-state index < -0.39 is 0 Å². The molecule has 1 aromatic heterocycles. The van der Waals surface area contributed by atoms with Crippen LogP contribution < -0.4 is 10.6 Å². The molecule has 2 aromatic rings. The zero-order valence-electron chi connectivity index (χ0n) is 11.2. The molecule has 0 aliphatic carbocycles. The summed E-state index contributed by atoms with van der Waals surface area (Å²) in [5.74, 6) is 0. The summed E-state index contributed by atoms with van der Waals surface area (Å²) in [6.07, 6.45) is 1.77. The Morgan fingerprint density at radius 1 is 1.21 bits per heavy atom. The van der Waals surface area contributed by atoms with Crippen LogP contribution in [0.5, 0.6) is 0 Å². The summed E-state index contributed by atoms with van der Waals surface area (Å²) in [5, 5.41) is 9.77. The number of hydrogen-bond acceptors (Lipinski definition) is 2. The lowest BCUT2D eigenvalue weighted by molar-refractivity contribution is 0.240. The first kappa shape index (κ1) is 13.1. The second-order valence-electron chi connectivity index (χ2n) is 4.40. The number of nitrogens with one attached hydrogen (secondary N) is 2. The van der Waals surface area contributed by atoms with Crippen molar-refractivity contribution >= 4 is 6.03 Å². The van der Waals surface area contributed by atoms with Crippen LogP contribution in [-0.4, -0.2) is 15.8 Å². The number of benzene rings is 1. The van der Waals surface area contributed by atoms with Gasteiger partial charge in [-0.15, -0.1) is 0 Å². The number of amides is 2. The first-order valence-corrected chi connectivity index (χ1v) is 6.20. The normalized spacial score (nSPS) is 10.2. The number of nitrogens with zero attached hydrogens (tertiary/aromatic N) is 2. The van der Waals surface area contributed by atoms with E-state index in [-0.39, 0.29) is 6.03 Å². The molecule has 1 aromatic carbocycles. The molecule has 0 atom stereocenters. The number of carbonyl (C=O) groups excluding carboxylic acids is 1. The van der Waals surface area contributed by atoms with Gasteiger partial charge in [-0.1, -0.05) is 30.3 Å². The third-order valence-electron chi connectivity index (χ3n) is 3.07. The molecule has 0 saturated carbocycles. The predicted octanol–water partition coefficient (Wildman–Crippen LogP) is 1.73. The zero-order chi connectivity index (χ0) is 13.7. The van der Waals surface area contributed by atoms with Gasteiger partial charge in [-0.2, -0.15) is 5.10 Å². The molecule has 5 heteroatoms. The van der Waals surface area contributed by atoms with E-state index in [1.807, 2.05) is 44.3 Å². The quantitative estimate of drug-likeness (QED) is 0.877. The first-order valence-electron chi connectivity index (χ1n) is 6.20. The van der Waals surface area contributed by atoms with Gasteiger partial charge in [0.1, 0.15) is 0 Å². The number of aromatic nitrogens is 2. The van der Waals surface area contributed by atoms with Gasteiger partial charge in [-0.3, -0.25) is 4.68 Å². The van der Waals surface area contributed by atoms with Crippen molar-refractivity contribution < 1.29 is 4.79 Å². The zero-order valence-corrected chi connectivity index (χ0v) is 11.2. The lowest BCUT2D eigenvalue weighted by Gasteiger charge is -2.07. The van der Waals surface area contributed by atoms with E-state index in [1.165, 1.54) is 0 Å². The molecule has 0 unspecified atom stereocenters. The largest absolute Gasteiger partial charge is 0.334 e. The van der Waals surface area contributed by atoms with Crippen LogP contribution in [0.2, 0.25) is 0 Å². The maximum absolute atomic E-state index is 11.7. The molecule has 0 aliphatic rings. The Balaban J connectivity index is 1.78. The first-order chi connectivity index (χ1) is 9.16. The molecule has 2 N–H and O–H groups in total. The summed E-state index contributed by atoms with van der Waals surface area (Å²) in [7, 11) is 1.88. The molecule has 5 nitrogen and oxygen atoms in total. The summed E-state index contributed by atoms with van der Waals surface area (Å²) in [5.41, 5.74) is 3.16. The third-order valence-corrected chi connectivity index (χ3v) is 3.07. The van der Waals surface area contributed by atoms with E-state index in [4.69, 9.17) is 0 Å². The third kappa shape index (κ3) is 3.58. The minimum absolute atomic E-state index is 0.174. The Morgan fingerprint density at radius 2 is 1.89 bits per heavy atom. The van der Waals surface area contributed by atoms with Crippen molar-refractivity contribution in [3.63, 3.8) is 0 Å². The number of carbonyl (C=O) groups is 1. The van der Waals surface area contributed by atoms with Crippen molar-refractivity contribution in [1.82, 2.24) is 20.4 Å². The molecule has 0 bridgehead atoms. The van der Waals surface area contributed by atoms with Crippen molar-refractivity contribution in [3.8, 4) is 0 Å². The van der Waals surface area contributed by atoms with E-state index in [0.717, 1.165) is 16.8 Å². The minimum Gasteiger partial charge on any atom is -0.334 e. The fourth-order valence-corrected chi connectivity index (χ4v) is 1.73. The van der Waals surface area contributed by atoms with Gasteiger partial charge in [-0.25, -0.2) is 4.79 Å². The molecule has 0 spiro atoms. The highest BCUT2D eigenvalue weighted by atomic mass is 16.2. The van der Waals surface area contributed by atoms with Crippen LogP contribution in [0.1, 0.15) is 16.8 Å². The van der Waals surface area contributed by atoms with Crippen molar-refractivity contribution in [3.05, 3.63) is 53.3 Å². The van der Waals surface area contributed by atoms with Gasteiger partial charge in [-0.05, 0) is 12.5 Å². The lowest BCUT2D eigenvalue weighted by Crippen LogP contribution is -2.34. The molecule has 100 valence electrons. The van der Waals surface area contributed by atoms with E-state index in [0.29, 0.717) is 13.1 Å². The van der Waals surface area contributed by atoms with Gasteiger partial charge in [0.2, 0.25) is 0 Å². The van der Waals surface area contributed by atoms with Crippen molar-refractivity contribution in [2.75, 3.05) is 0 Å². The van der Waals surface area contributed by atoms with Gasteiger partial charge >= 0.3 is 6.03 Å². The highest BCUT2D eigenvalue weighted by molar-refractivity contribution is 5.73. The number of aryl methyl sites for hydroxylation is 1. The van der Waals surface area contributed by atoms with Crippen molar-refractivity contribution in [1.29, 1.82) is 0 Å². The predicted molar refractivity (Wildman–Crippen MR) is 73.5 cm³/mol. The Labute approximate surface area is 112 Å². The molecule has 0 fully saturated rings. The van der Waals surface area contributed by atoms with Gasteiger partial charge in [0.05, 0.1) is 6.20 Å². The van der Waals surface area contributed by atoms with Gasteiger partial charge in [0.15, 0.2) is 0 Å².